The number of nitrogens with one attached hydrogen (secondary N) is 1. The van der Waals surface area contributed by atoms with Crippen LogP contribution in [0.4, 0.5) is 4.79 Å². The topological polar surface area (TPSA) is 74.6 Å². The molecule has 0 aromatic heterocycles. The standard InChI is InChI=1S/C19H27N3O3/c1-19(2,3)25-18(23)21-16-9-11-22(14-16)10-4-12-24-17-7-5-15(13-20)6-8-17/h5-8,16H,4,9-12,14H2,1-3H3,(H,21,23). The number of nitrogens with zero attached hydrogens (tertiary/aromatic N) is 2. The number of alkyl carbamates (subject to hydrolysis) is 1. The van der Waals surface area contributed by atoms with Crippen LogP contribution in [0.25, 0.3) is 0 Å². The first-order valence-corrected chi connectivity index (χ1v) is 8.70. The summed E-state index contributed by atoms with van der Waals surface area (Å²) < 4.78 is 11.0. The molecule has 6 nitrogen and oxygen atoms in total. The zero-order valence-electron chi connectivity index (χ0n) is 15.2. The molecule has 1 fully saturated rings. The number of hydrogen-bond acceptors (Lipinski definition) is 5. The Bertz CT molecular complexity index is 602. The number of carbonyl (C=O) groups is 1. The van der Waals surface area contributed by atoms with Crippen LogP contribution in [-0.4, -0.2) is 48.9 Å². The van der Waals surface area contributed by atoms with Crippen molar-refractivity contribution in [2.45, 2.75) is 45.3 Å². The molecule has 1 aromatic carbocycles. The fourth-order valence-corrected chi connectivity index (χ4v) is 2.73. The molecular weight excluding hydrogens is 318 g/mol. The van der Waals surface area contributed by atoms with Crippen molar-refractivity contribution in [3.8, 4) is 11.8 Å². The molecular formula is C19H27N3O3. The first-order valence-electron chi connectivity index (χ1n) is 8.70. The fraction of sp³-hybridized carbons (Fsp3) is 0.579. The lowest BCUT2D eigenvalue weighted by Crippen LogP contribution is -2.40. The van der Waals surface area contributed by atoms with Crippen molar-refractivity contribution in [2.24, 2.45) is 0 Å². The van der Waals surface area contributed by atoms with Gasteiger partial charge in [-0.05, 0) is 57.9 Å². The normalized spacial score (nSPS) is 17.8. The van der Waals surface area contributed by atoms with Crippen LogP contribution in [0.2, 0.25) is 0 Å². The SMILES string of the molecule is CC(C)(C)OC(=O)NC1CCN(CCCOc2ccc(C#N)cc2)C1. The van der Waals surface area contributed by atoms with Gasteiger partial charge in [0.25, 0.3) is 0 Å². The van der Waals surface area contributed by atoms with Gasteiger partial charge in [0.2, 0.25) is 0 Å². The highest BCUT2D eigenvalue weighted by molar-refractivity contribution is 5.68. The molecule has 1 saturated heterocycles. The van der Waals surface area contributed by atoms with Crippen molar-refractivity contribution in [3.63, 3.8) is 0 Å². The van der Waals surface area contributed by atoms with E-state index in [0.29, 0.717) is 12.2 Å². The van der Waals surface area contributed by atoms with Gasteiger partial charge in [-0.2, -0.15) is 5.26 Å². The maximum atomic E-state index is 11.8. The van der Waals surface area contributed by atoms with Crippen LogP contribution in [0.3, 0.4) is 0 Å². The molecule has 0 radical (unpaired) electrons. The Balaban J connectivity index is 1.61. The molecule has 0 saturated carbocycles. The van der Waals surface area contributed by atoms with Gasteiger partial charge in [0.1, 0.15) is 11.4 Å². The summed E-state index contributed by atoms with van der Waals surface area (Å²) in [5.74, 6) is 0.782. The predicted octanol–water partition coefficient (Wildman–Crippen LogP) is 2.93. The number of amides is 1. The maximum absolute atomic E-state index is 11.8. The minimum atomic E-state index is -0.467. The van der Waals surface area contributed by atoms with E-state index in [0.717, 1.165) is 38.2 Å². The van der Waals surface area contributed by atoms with Crippen LogP contribution in [0.1, 0.15) is 39.2 Å². The van der Waals surface area contributed by atoms with E-state index in [4.69, 9.17) is 14.7 Å². The number of nitriles is 1. The summed E-state index contributed by atoms with van der Waals surface area (Å²) in [5, 5.41) is 11.7. The second-order valence-corrected chi connectivity index (χ2v) is 7.27. The van der Waals surface area contributed by atoms with Crippen molar-refractivity contribution >= 4 is 6.09 Å². The van der Waals surface area contributed by atoms with E-state index in [1.807, 2.05) is 32.9 Å². The molecule has 25 heavy (non-hydrogen) atoms. The fourth-order valence-electron chi connectivity index (χ4n) is 2.73. The molecule has 6 heteroatoms. The predicted molar refractivity (Wildman–Crippen MR) is 95.5 cm³/mol. The summed E-state index contributed by atoms with van der Waals surface area (Å²) in [6.45, 7) is 8.97. The van der Waals surface area contributed by atoms with Crippen molar-refractivity contribution in [2.75, 3.05) is 26.2 Å². The lowest BCUT2D eigenvalue weighted by atomic mass is 10.2. The van der Waals surface area contributed by atoms with Gasteiger partial charge in [0, 0.05) is 25.7 Å². The third-order valence-corrected chi connectivity index (χ3v) is 3.86. The first-order chi connectivity index (χ1) is 11.9. The number of likely N-dealkylation sites (tertiary alicyclic amines) is 1. The monoisotopic (exact) mass is 345 g/mol. The Kier molecular flexibility index (Phi) is 6.65. The summed E-state index contributed by atoms with van der Waals surface area (Å²) in [7, 11) is 0. The van der Waals surface area contributed by atoms with Gasteiger partial charge in [-0.25, -0.2) is 4.79 Å². The summed E-state index contributed by atoms with van der Waals surface area (Å²) in [5.41, 5.74) is 0.165. The Labute approximate surface area is 149 Å². The van der Waals surface area contributed by atoms with Gasteiger partial charge in [-0.3, -0.25) is 0 Å². The second-order valence-electron chi connectivity index (χ2n) is 7.27. The molecule has 0 aliphatic carbocycles. The first kappa shape index (κ1) is 19.1. The molecule has 1 aliphatic heterocycles. The number of ether oxygens (including phenoxy) is 2. The zero-order chi connectivity index (χ0) is 18.3. The Morgan fingerprint density at radius 1 is 1.36 bits per heavy atom. The van der Waals surface area contributed by atoms with Crippen LogP contribution in [-0.2, 0) is 4.74 Å². The number of carbonyl (C=O) groups excluding carboxylic acids is 1. The van der Waals surface area contributed by atoms with E-state index >= 15 is 0 Å². The van der Waals surface area contributed by atoms with E-state index in [2.05, 4.69) is 16.3 Å². The van der Waals surface area contributed by atoms with E-state index in [-0.39, 0.29) is 12.1 Å². The summed E-state index contributed by atoms with van der Waals surface area (Å²) in [6, 6.07) is 9.37. The van der Waals surface area contributed by atoms with Crippen molar-refractivity contribution in [1.82, 2.24) is 10.2 Å². The lowest BCUT2D eigenvalue weighted by molar-refractivity contribution is 0.0505. The molecule has 1 heterocycles. The second kappa shape index (κ2) is 8.72. The lowest BCUT2D eigenvalue weighted by Gasteiger charge is -2.22. The molecule has 136 valence electrons. The van der Waals surface area contributed by atoms with E-state index < -0.39 is 5.60 Å². The summed E-state index contributed by atoms with van der Waals surface area (Å²) >= 11 is 0. The zero-order valence-corrected chi connectivity index (χ0v) is 15.2. The molecule has 1 N–H and O–H groups in total. The molecule has 1 atom stereocenters. The average Bonchev–Trinajstić information content (AvgIpc) is 2.97. The number of rotatable bonds is 6. The van der Waals surface area contributed by atoms with Gasteiger partial charge >= 0.3 is 6.09 Å². The molecule has 0 spiro atoms. The quantitative estimate of drug-likeness (QED) is 0.803. The van der Waals surface area contributed by atoms with Crippen molar-refractivity contribution in [3.05, 3.63) is 29.8 Å². The minimum absolute atomic E-state index is 0.147. The van der Waals surface area contributed by atoms with Gasteiger partial charge < -0.3 is 19.7 Å². The third-order valence-electron chi connectivity index (χ3n) is 3.86. The molecule has 1 amide bonds. The third kappa shape index (κ3) is 7.02. The summed E-state index contributed by atoms with van der Waals surface area (Å²) in [6.07, 6.45) is 1.51. The molecule has 1 unspecified atom stereocenters. The van der Waals surface area contributed by atoms with Crippen LogP contribution < -0.4 is 10.1 Å². The molecule has 0 bridgehead atoms. The number of benzene rings is 1. The smallest absolute Gasteiger partial charge is 0.407 e. The van der Waals surface area contributed by atoms with Gasteiger partial charge in [-0.1, -0.05) is 0 Å². The number of hydrogen-bond donors (Lipinski definition) is 1. The highest BCUT2D eigenvalue weighted by atomic mass is 16.6. The Morgan fingerprint density at radius 3 is 2.72 bits per heavy atom. The van der Waals surface area contributed by atoms with E-state index in [1.54, 1.807) is 12.1 Å². The van der Waals surface area contributed by atoms with Crippen molar-refractivity contribution < 1.29 is 14.3 Å². The van der Waals surface area contributed by atoms with Crippen molar-refractivity contribution in [1.29, 1.82) is 5.26 Å². The highest BCUT2D eigenvalue weighted by Crippen LogP contribution is 2.14. The Hall–Kier alpha value is -2.26. The average molecular weight is 345 g/mol. The highest BCUT2D eigenvalue weighted by Gasteiger charge is 2.25. The Morgan fingerprint density at radius 2 is 2.08 bits per heavy atom. The molecule has 1 aromatic rings. The van der Waals surface area contributed by atoms with Crippen LogP contribution in [0.5, 0.6) is 5.75 Å². The molecule has 2 rings (SSSR count). The van der Waals surface area contributed by atoms with Gasteiger partial charge in [0.05, 0.1) is 18.2 Å². The van der Waals surface area contributed by atoms with E-state index in [1.165, 1.54) is 0 Å². The largest absolute Gasteiger partial charge is 0.494 e. The van der Waals surface area contributed by atoms with Crippen LogP contribution >= 0.6 is 0 Å². The van der Waals surface area contributed by atoms with Gasteiger partial charge in [-0.15, -0.1) is 0 Å². The minimum Gasteiger partial charge on any atom is -0.494 e. The van der Waals surface area contributed by atoms with Crippen LogP contribution in [0.15, 0.2) is 24.3 Å². The molecule has 1 aliphatic rings. The maximum Gasteiger partial charge on any atom is 0.407 e. The van der Waals surface area contributed by atoms with Gasteiger partial charge in [0.15, 0.2) is 0 Å². The van der Waals surface area contributed by atoms with E-state index in [9.17, 15) is 4.79 Å². The van der Waals surface area contributed by atoms with Crippen LogP contribution in [0, 0.1) is 11.3 Å². The summed E-state index contributed by atoms with van der Waals surface area (Å²) in [4.78, 5) is 14.1.